The Morgan fingerprint density at radius 3 is 2.47 bits per heavy atom. The van der Waals surface area contributed by atoms with Crippen LogP contribution in [0, 0.1) is 5.95 Å². The van der Waals surface area contributed by atoms with Crippen molar-refractivity contribution in [1.29, 1.82) is 0 Å². The summed E-state index contributed by atoms with van der Waals surface area (Å²) in [5.41, 5.74) is 1.94. The fraction of sp³-hybridized carbons (Fsp3) is 0.458. The molecule has 1 saturated heterocycles. The van der Waals surface area contributed by atoms with E-state index < -0.39 is 21.5 Å². The van der Waals surface area contributed by atoms with Crippen molar-refractivity contribution in [2.45, 2.75) is 38.8 Å². The van der Waals surface area contributed by atoms with Crippen molar-refractivity contribution in [3.8, 4) is 11.6 Å². The number of aromatic nitrogens is 5. The van der Waals surface area contributed by atoms with E-state index in [0.29, 0.717) is 55.8 Å². The van der Waals surface area contributed by atoms with Crippen LogP contribution in [0.5, 0.6) is 0 Å². The number of sulfonamides is 1. The summed E-state index contributed by atoms with van der Waals surface area (Å²) >= 11 is 0. The van der Waals surface area contributed by atoms with E-state index in [2.05, 4.69) is 24.8 Å². The zero-order valence-corrected chi connectivity index (χ0v) is 21.6. The molecule has 0 spiro atoms. The van der Waals surface area contributed by atoms with Gasteiger partial charge in [0.05, 0.1) is 18.0 Å². The number of halogens is 1. The summed E-state index contributed by atoms with van der Waals surface area (Å²) in [7, 11) is -3.34. The molecule has 5 rings (SSSR count). The summed E-state index contributed by atoms with van der Waals surface area (Å²) < 4.78 is 40.7. The van der Waals surface area contributed by atoms with E-state index in [0.717, 1.165) is 11.3 Å². The topological polar surface area (TPSA) is 108 Å². The second kappa shape index (κ2) is 9.00. The predicted molar refractivity (Wildman–Crippen MR) is 135 cm³/mol. The lowest BCUT2D eigenvalue weighted by atomic mass is 9.99. The Morgan fingerprint density at radius 1 is 1.03 bits per heavy atom. The fourth-order valence-corrected chi connectivity index (χ4v) is 6.54. The lowest BCUT2D eigenvalue weighted by Crippen LogP contribution is -2.60. The van der Waals surface area contributed by atoms with Gasteiger partial charge in [-0.3, -0.25) is 0 Å². The lowest BCUT2D eigenvalue weighted by Gasteiger charge is -2.46. The quantitative estimate of drug-likeness (QED) is 0.487. The molecule has 0 amide bonds. The van der Waals surface area contributed by atoms with Gasteiger partial charge in [0, 0.05) is 80.1 Å². The molecule has 0 aliphatic carbocycles. The van der Waals surface area contributed by atoms with Crippen molar-refractivity contribution >= 4 is 21.5 Å². The van der Waals surface area contributed by atoms with Gasteiger partial charge in [-0.15, -0.1) is 0 Å². The Balaban J connectivity index is 1.40. The van der Waals surface area contributed by atoms with E-state index in [-0.39, 0.29) is 6.04 Å². The van der Waals surface area contributed by atoms with E-state index in [4.69, 9.17) is 4.98 Å². The summed E-state index contributed by atoms with van der Waals surface area (Å²) in [6.07, 6.45) is 6.98. The van der Waals surface area contributed by atoms with E-state index >= 15 is 0 Å². The van der Waals surface area contributed by atoms with E-state index in [9.17, 15) is 12.8 Å². The SMILES string of the molecule is CC1c2cnc(-c3ncccn3)nc2CCN1c1cc(N2CCN(S(C)(=O)=O)C(C)(C)C2)cc(F)n1. The van der Waals surface area contributed by atoms with Crippen LogP contribution in [0.2, 0.25) is 0 Å². The van der Waals surface area contributed by atoms with Gasteiger partial charge >= 0.3 is 0 Å². The maximum absolute atomic E-state index is 14.8. The fourth-order valence-electron chi connectivity index (χ4n) is 5.17. The first-order chi connectivity index (χ1) is 17.0. The molecule has 1 fully saturated rings. The monoisotopic (exact) mass is 512 g/mol. The molecule has 0 saturated carbocycles. The van der Waals surface area contributed by atoms with Crippen LogP contribution in [0.25, 0.3) is 11.6 Å². The number of fused-ring (bicyclic) bond motifs is 1. The van der Waals surface area contributed by atoms with Crippen molar-refractivity contribution in [3.05, 3.63) is 54.0 Å². The number of pyridine rings is 1. The molecule has 190 valence electrons. The first-order valence-electron chi connectivity index (χ1n) is 11.8. The molecule has 2 aliphatic heterocycles. The van der Waals surface area contributed by atoms with Gasteiger partial charge in [0.1, 0.15) is 5.82 Å². The van der Waals surface area contributed by atoms with Crippen LogP contribution in [0.4, 0.5) is 15.9 Å². The average Bonchev–Trinajstić information content (AvgIpc) is 2.82. The Morgan fingerprint density at radius 2 is 1.78 bits per heavy atom. The molecule has 36 heavy (non-hydrogen) atoms. The largest absolute Gasteiger partial charge is 0.368 e. The van der Waals surface area contributed by atoms with Gasteiger partial charge in [0.15, 0.2) is 11.6 Å². The number of nitrogens with zero attached hydrogens (tertiary/aromatic N) is 8. The van der Waals surface area contributed by atoms with Crippen molar-refractivity contribution in [3.63, 3.8) is 0 Å². The summed E-state index contributed by atoms with van der Waals surface area (Å²) in [4.78, 5) is 25.9. The summed E-state index contributed by atoms with van der Waals surface area (Å²) in [5.74, 6) is 0.918. The van der Waals surface area contributed by atoms with Crippen LogP contribution >= 0.6 is 0 Å². The summed E-state index contributed by atoms with van der Waals surface area (Å²) in [6.45, 7) is 7.66. The molecule has 0 bridgehead atoms. The normalized spacial score (nSPS) is 20.3. The number of anilines is 2. The van der Waals surface area contributed by atoms with Gasteiger partial charge in [-0.25, -0.2) is 33.3 Å². The van der Waals surface area contributed by atoms with Crippen molar-refractivity contribution in [2.75, 3.05) is 42.2 Å². The third-order valence-corrected chi connectivity index (χ3v) is 8.30. The molecule has 0 N–H and O–H groups in total. The maximum Gasteiger partial charge on any atom is 0.216 e. The molecule has 10 nitrogen and oxygen atoms in total. The molecule has 2 aliphatic rings. The highest BCUT2D eigenvalue weighted by atomic mass is 32.2. The highest BCUT2D eigenvalue weighted by Crippen LogP contribution is 2.35. The van der Waals surface area contributed by atoms with Gasteiger partial charge in [-0.2, -0.15) is 8.70 Å². The Labute approximate surface area is 210 Å². The summed E-state index contributed by atoms with van der Waals surface area (Å²) in [6, 6.07) is 4.92. The highest BCUT2D eigenvalue weighted by Gasteiger charge is 2.39. The van der Waals surface area contributed by atoms with Gasteiger partial charge in [-0.1, -0.05) is 0 Å². The van der Waals surface area contributed by atoms with Crippen molar-refractivity contribution in [2.24, 2.45) is 0 Å². The van der Waals surface area contributed by atoms with Gasteiger partial charge in [0.2, 0.25) is 16.0 Å². The molecule has 1 unspecified atom stereocenters. The maximum atomic E-state index is 14.8. The zero-order valence-electron chi connectivity index (χ0n) is 20.8. The molecule has 12 heteroatoms. The molecule has 0 radical (unpaired) electrons. The van der Waals surface area contributed by atoms with Crippen LogP contribution in [0.15, 0.2) is 36.8 Å². The van der Waals surface area contributed by atoms with Crippen LogP contribution in [-0.2, 0) is 16.4 Å². The molecule has 0 aromatic carbocycles. The number of hydrogen-bond donors (Lipinski definition) is 0. The van der Waals surface area contributed by atoms with Gasteiger partial charge < -0.3 is 9.80 Å². The third-order valence-electron chi connectivity index (χ3n) is 6.82. The second-order valence-electron chi connectivity index (χ2n) is 9.86. The molecular weight excluding hydrogens is 483 g/mol. The molecule has 1 atom stereocenters. The van der Waals surface area contributed by atoms with Gasteiger partial charge in [-0.05, 0) is 26.8 Å². The Hall–Kier alpha value is -3.25. The predicted octanol–water partition coefficient (Wildman–Crippen LogP) is 2.45. The van der Waals surface area contributed by atoms with Crippen molar-refractivity contribution < 1.29 is 12.8 Å². The number of rotatable bonds is 4. The Kier molecular flexibility index (Phi) is 6.11. The molecular formula is C24H29FN8O2S. The molecule has 5 heterocycles. The minimum absolute atomic E-state index is 0.111. The lowest BCUT2D eigenvalue weighted by molar-refractivity contribution is 0.206. The van der Waals surface area contributed by atoms with E-state index in [1.54, 1.807) is 24.7 Å². The molecule has 3 aromatic rings. The second-order valence-corrected chi connectivity index (χ2v) is 11.8. The van der Waals surface area contributed by atoms with Crippen LogP contribution < -0.4 is 9.80 Å². The molecule has 3 aromatic heterocycles. The first kappa shape index (κ1) is 24.4. The van der Waals surface area contributed by atoms with E-state index in [1.165, 1.54) is 16.6 Å². The number of piperazine rings is 1. The summed E-state index contributed by atoms with van der Waals surface area (Å²) in [5, 5.41) is 0. The third kappa shape index (κ3) is 4.62. The van der Waals surface area contributed by atoms with Gasteiger partial charge in [0.25, 0.3) is 0 Å². The van der Waals surface area contributed by atoms with E-state index in [1.807, 2.05) is 31.7 Å². The van der Waals surface area contributed by atoms with Crippen LogP contribution in [0.3, 0.4) is 0 Å². The Bertz CT molecular complexity index is 1390. The average molecular weight is 513 g/mol. The first-order valence-corrected chi connectivity index (χ1v) is 13.7. The van der Waals surface area contributed by atoms with Crippen LogP contribution in [0.1, 0.15) is 38.1 Å². The smallest absolute Gasteiger partial charge is 0.216 e. The standard InChI is InChI=1S/C24H29FN8O2S/c1-16-18-14-28-23(22-26-7-5-8-27-22)29-19(18)6-9-32(16)21-13-17(12-20(25)30-21)31-10-11-33(36(4,34)35)24(2,3)15-31/h5,7-8,12-14,16H,6,9-11,15H2,1-4H3. The minimum atomic E-state index is -3.34. The zero-order chi connectivity index (χ0) is 25.7. The highest BCUT2D eigenvalue weighted by molar-refractivity contribution is 7.88. The minimum Gasteiger partial charge on any atom is -0.368 e. The van der Waals surface area contributed by atoms with Crippen LogP contribution in [-0.4, -0.2) is 75.6 Å². The number of hydrogen-bond acceptors (Lipinski definition) is 9. The van der Waals surface area contributed by atoms with Crippen molar-refractivity contribution in [1.82, 2.24) is 29.2 Å².